The van der Waals surface area contributed by atoms with Gasteiger partial charge in [0.25, 0.3) is 5.91 Å². The molecule has 1 aliphatic rings. The van der Waals surface area contributed by atoms with Crippen molar-refractivity contribution >= 4 is 5.91 Å². The molecule has 2 N–H and O–H groups in total. The first-order chi connectivity index (χ1) is 8.58. The summed E-state index contributed by atoms with van der Waals surface area (Å²) in [5, 5.41) is 5.52. The summed E-state index contributed by atoms with van der Waals surface area (Å²) in [4.78, 5) is 11.5. The molecule has 2 rings (SSSR count). The van der Waals surface area contributed by atoms with Crippen LogP contribution in [0.1, 0.15) is 23.2 Å². The zero-order valence-corrected chi connectivity index (χ0v) is 9.60. The number of carbonyl (C=O) groups excluding carboxylic acids is 1. The minimum atomic E-state index is -1.19. The summed E-state index contributed by atoms with van der Waals surface area (Å²) < 4.78 is 39.2. The lowest BCUT2D eigenvalue weighted by Crippen LogP contribution is -2.33. The summed E-state index contributed by atoms with van der Waals surface area (Å²) in [5.74, 6) is -4.31. The van der Waals surface area contributed by atoms with Crippen molar-refractivity contribution in [1.29, 1.82) is 0 Å². The normalized spacial score (nSPS) is 14.6. The van der Waals surface area contributed by atoms with Gasteiger partial charge in [-0.05, 0) is 12.8 Å². The predicted octanol–water partition coefficient (Wildman–Crippen LogP) is 1.59. The van der Waals surface area contributed by atoms with Crippen LogP contribution < -0.4 is 10.6 Å². The van der Waals surface area contributed by atoms with Gasteiger partial charge in [-0.25, -0.2) is 13.2 Å². The molecule has 0 heterocycles. The Morgan fingerprint density at radius 3 is 2.33 bits per heavy atom. The van der Waals surface area contributed by atoms with E-state index in [0.29, 0.717) is 24.7 Å². The van der Waals surface area contributed by atoms with E-state index in [2.05, 4.69) is 10.6 Å². The lowest BCUT2D eigenvalue weighted by Gasteiger charge is -2.07. The van der Waals surface area contributed by atoms with Crippen LogP contribution in [0.25, 0.3) is 0 Å². The Kier molecular flexibility index (Phi) is 3.86. The number of amides is 1. The van der Waals surface area contributed by atoms with Gasteiger partial charge in [0.2, 0.25) is 0 Å². The average molecular weight is 258 g/mol. The molecule has 1 amide bonds. The molecule has 3 nitrogen and oxygen atoms in total. The fraction of sp³-hybridized carbons (Fsp3) is 0.417. The largest absolute Gasteiger partial charge is 0.351 e. The van der Waals surface area contributed by atoms with Gasteiger partial charge in [0.05, 0.1) is 0 Å². The van der Waals surface area contributed by atoms with E-state index < -0.39 is 28.9 Å². The quantitative estimate of drug-likeness (QED) is 0.787. The average Bonchev–Trinajstić information content (AvgIpc) is 3.06. The molecule has 0 aromatic heterocycles. The molecule has 98 valence electrons. The molecule has 0 radical (unpaired) electrons. The summed E-state index contributed by atoms with van der Waals surface area (Å²) in [6.45, 7) is 0.812. The number of carbonyl (C=O) groups is 1. The van der Waals surface area contributed by atoms with Crippen LogP contribution in [-0.2, 0) is 0 Å². The minimum Gasteiger partial charge on any atom is -0.351 e. The van der Waals surface area contributed by atoms with Gasteiger partial charge in [-0.2, -0.15) is 0 Å². The first-order valence-electron chi connectivity index (χ1n) is 5.74. The maximum atomic E-state index is 13.3. The monoisotopic (exact) mass is 258 g/mol. The highest BCUT2D eigenvalue weighted by atomic mass is 19.1. The molecule has 6 heteroatoms. The predicted molar refractivity (Wildman–Crippen MR) is 59.7 cm³/mol. The highest BCUT2D eigenvalue weighted by Crippen LogP contribution is 2.18. The third kappa shape index (κ3) is 3.22. The van der Waals surface area contributed by atoms with E-state index in [1.165, 1.54) is 0 Å². The van der Waals surface area contributed by atoms with Gasteiger partial charge >= 0.3 is 0 Å². The Morgan fingerprint density at radius 1 is 1.17 bits per heavy atom. The fourth-order valence-corrected chi connectivity index (χ4v) is 1.59. The molecule has 1 aliphatic carbocycles. The van der Waals surface area contributed by atoms with Gasteiger partial charge in [0, 0.05) is 31.3 Å². The molecular formula is C12H13F3N2O. The van der Waals surface area contributed by atoms with E-state index >= 15 is 0 Å². The van der Waals surface area contributed by atoms with Crippen molar-refractivity contribution in [2.24, 2.45) is 0 Å². The molecule has 1 saturated carbocycles. The second-order valence-electron chi connectivity index (χ2n) is 4.23. The number of rotatable bonds is 5. The number of halogens is 3. The van der Waals surface area contributed by atoms with Gasteiger partial charge < -0.3 is 10.6 Å². The van der Waals surface area contributed by atoms with Crippen LogP contribution in [0, 0.1) is 17.5 Å². The van der Waals surface area contributed by atoms with Gasteiger partial charge in [0.15, 0.2) is 0 Å². The van der Waals surface area contributed by atoms with E-state index in [4.69, 9.17) is 0 Å². The van der Waals surface area contributed by atoms with Crippen molar-refractivity contribution in [1.82, 2.24) is 10.6 Å². The summed E-state index contributed by atoms with van der Waals surface area (Å²) in [6.07, 6.45) is 2.24. The fourth-order valence-electron chi connectivity index (χ4n) is 1.59. The Balaban J connectivity index is 1.91. The van der Waals surface area contributed by atoms with E-state index in [1.807, 2.05) is 0 Å². The number of benzene rings is 1. The second-order valence-corrected chi connectivity index (χ2v) is 4.23. The molecule has 0 spiro atoms. The molecule has 1 aromatic rings. The Morgan fingerprint density at radius 2 is 1.78 bits per heavy atom. The van der Waals surface area contributed by atoms with E-state index in [1.54, 1.807) is 0 Å². The second kappa shape index (κ2) is 5.39. The number of nitrogens with one attached hydrogen (secondary N) is 2. The van der Waals surface area contributed by atoms with Crippen LogP contribution in [0.3, 0.4) is 0 Å². The zero-order valence-electron chi connectivity index (χ0n) is 9.60. The van der Waals surface area contributed by atoms with Crippen molar-refractivity contribution in [2.75, 3.05) is 13.1 Å². The summed E-state index contributed by atoms with van der Waals surface area (Å²) >= 11 is 0. The molecule has 0 saturated heterocycles. The molecule has 0 bridgehead atoms. The molecule has 18 heavy (non-hydrogen) atoms. The van der Waals surface area contributed by atoms with Gasteiger partial charge in [-0.1, -0.05) is 0 Å². The highest BCUT2D eigenvalue weighted by Gasteiger charge is 2.21. The van der Waals surface area contributed by atoms with E-state index in [0.717, 1.165) is 12.8 Å². The van der Waals surface area contributed by atoms with Crippen LogP contribution in [0.2, 0.25) is 0 Å². The van der Waals surface area contributed by atoms with Crippen molar-refractivity contribution in [3.63, 3.8) is 0 Å². The van der Waals surface area contributed by atoms with Crippen LogP contribution >= 0.6 is 0 Å². The van der Waals surface area contributed by atoms with Crippen molar-refractivity contribution in [2.45, 2.75) is 18.9 Å². The first-order valence-corrected chi connectivity index (χ1v) is 5.74. The van der Waals surface area contributed by atoms with Crippen LogP contribution in [0.4, 0.5) is 13.2 Å². The zero-order chi connectivity index (χ0) is 13.1. The Hall–Kier alpha value is -1.56. The molecule has 1 aromatic carbocycles. The van der Waals surface area contributed by atoms with Gasteiger partial charge in [-0.3, -0.25) is 4.79 Å². The lowest BCUT2D eigenvalue weighted by molar-refractivity contribution is 0.0945. The molecular weight excluding hydrogens is 245 g/mol. The smallest absolute Gasteiger partial charge is 0.257 e. The lowest BCUT2D eigenvalue weighted by atomic mass is 10.2. The topological polar surface area (TPSA) is 41.1 Å². The van der Waals surface area contributed by atoms with Crippen molar-refractivity contribution in [3.8, 4) is 0 Å². The Labute approximate surface area is 102 Å². The summed E-state index contributed by atoms with van der Waals surface area (Å²) in [6, 6.07) is 1.47. The number of hydrogen-bond acceptors (Lipinski definition) is 2. The molecule has 1 fully saturated rings. The maximum Gasteiger partial charge on any atom is 0.257 e. The third-order valence-electron chi connectivity index (χ3n) is 2.65. The third-order valence-corrected chi connectivity index (χ3v) is 2.65. The number of hydrogen-bond donors (Lipinski definition) is 2. The Bertz CT molecular complexity index is 438. The summed E-state index contributed by atoms with van der Waals surface area (Å²) in [5.41, 5.74) is -0.747. The van der Waals surface area contributed by atoms with Crippen LogP contribution in [-0.4, -0.2) is 25.0 Å². The standard InChI is InChI=1S/C12H13F3N2O/c13-7-5-9(14)11(10(15)6-7)12(18)17-4-3-16-8-1-2-8/h5-6,8,16H,1-4H2,(H,17,18). The SMILES string of the molecule is O=C(NCCNC1CC1)c1c(F)cc(F)cc1F. The van der Waals surface area contributed by atoms with Gasteiger partial charge in [0.1, 0.15) is 23.0 Å². The minimum absolute atomic E-state index is 0.269. The van der Waals surface area contributed by atoms with Gasteiger partial charge in [-0.15, -0.1) is 0 Å². The molecule has 0 atom stereocenters. The highest BCUT2D eigenvalue weighted by molar-refractivity contribution is 5.94. The molecule has 0 aliphatic heterocycles. The maximum absolute atomic E-state index is 13.3. The van der Waals surface area contributed by atoms with E-state index in [9.17, 15) is 18.0 Å². The van der Waals surface area contributed by atoms with Crippen molar-refractivity contribution in [3.05, 3.63) is 35.1 Å². The molecule has 0 unspecified atom stereocenters. The first kappa shape index (κ1) is 12.9. The van der Waals surface area contributed by atoms with Crippen molar-refractivity contribution < 1.29 is 18.0 Å². The van der Waals surface area contributed by atoms with Crippen LogP contribution in [0.5, 0.6) is 0 Å². The summed E-state index contributed by atoms with van der Waals surface area (Å²) in [7, 11) is 0. The van der Waals surface area contributed by atoms with Crippen LogP contribution in [0.15, 0.2) is 12.1 Å². The van der Waals surface area contributed by atoms with E-state index in [-0.39, 0.29) is 6.54 Å².